The summed E-state index contributed by atoms with van der Waals surface area (Å²) < 4.78 is 35.1. The molecule has 0 aliphatic carbocycles. The lowest BCUT2D eigenvalue weighted by Crippen LogP contribution is -2.35. The minimum Gasteiger partial charge on any atom is -0.409 e. The van der Waals surface area contributed by atoms with E-state index in [0.717, 1.165) is 32.4 Å². The maximum Gasteiger partial charge on any atom is 0.288 e. The van der Waals surface area contributed by atoms with Gasteiger partial charge in [-0.25, -0.2) is 13.1 Å². The van der Waals surface area contributed by atoms with Gasteiger partial charge in [0.1, 0.15) is 0 Å². The Balaban J connectivity index is 1.84. The van der Waals surface area contributed by atoms with Crippen LogP contribution in [0, 0.1) is 16.7 Å². The topological polar surface area (TPSA) is 71.6 Å². The van der Waals surface area contributed by atoms with Gasteiger partial charge in [0.2, 0.25) is 15.9 Å². The first-order valence-corrected chi connectivity index (χ1v) is 12.9. The molecule has 1 aliphatic rings. The lowest BCUT2D eigenvalue weighted by atomic mass is 10.1. The molecule has 0 unspecified atom stereocenters. The number of rotatable bonds is 9. The van der Waals surface area contributed by atoms with Crippen LogP contribution in [0.1, 0.15) is 47.0 Å². The Kier molecular flexibility index (Phi) is 8.07. The van der Waals surface area contributed by atoms with Gasteiger partial charge in [-0.2, -0.15) is 4.31 Å². The molecule has 31 heavy (non-hydrogen) atoms. The monoisotopic (exact) mass is 466 g/mol. The SMILES string of the molecule is CC(C)CN(CC(C)C)Cn1nc(-c2cccc(S(=O)(=O)N3CCCCC3)c2)oc1=S. The molecule has 0 radical (unpaired) electrons. The van der Waals surface area contributed by atoms with Crippen molar-refractivity contribution in [2.24, 2.45) is 11.8 Å². The van der Waals surface area contributed by atoms with E-state index in [-0.39, 0.29) is 9.73 Å². The van der Waals surface area contributed by atoms with Gasteiger partial charge in [-0.3, -0.25) is 4.90 Å². The van der Waals surface area contributed by atoms with Gasteiger partial charge in [-0.15, -0.1) is 5.10 Å². The van der Waals surface area contributed by atoms with Gasteiger partial charge >= 0.3 is 0 Å². The van der Waals surface area contributed by atoms with E-state index in [1.807, 2.05) is 0 Å². The van der Waals surface area contributed by atoms with Crippen molar-refractivity contribution in [3.05, 3.63) is 29.1 Å². The lowest BCUT2D eigenvalue weighted by molar-refractivity contribution is 0.163. The highest BCUT2D eigenvalue weighted by atomic mass is 32.2. The van der Waals surface area contributed by atoms with Crippen molar-refractivity contribution in [2.45, 2.75) is 58.5 Å². The van der Waals surface area contributed by atoms with E-state index in [4.69, 9.17) is 16.6 Å². The van der Waals surface area contributed by atoms with E-state index in [9.17, 15) is 8.42 Å². The molecule has 2 aromatic rings. The van der Waals surface area contributed by atoms with E-state index in [0.29, 0.717) is 43.0 Å². The van der Waals surface area contributed by atoms with Crippen molar-refractivity contribution in [1.29, 1.82) is 0 Å². The summed E-state index contributed by atoms with van der Waals surface area (Å²) in [4.78, 5) is 2.87. The average molecular weight is 467 g/mol. The minimum absolute atomic E-state index is 0.267. The predicted molar refractivity (Wildman–Crippen MR) is 125 cm³/mol. The molecule has 0 N–H and O–H groups in total. The van der Waals surface area contributed by atoms with E-state index in [1.165, 1.54) is 0 Å². The Morgan fingerprint density at radius 2 is 1.74 bits per heavy atom. The molecule has 1 fully saturated rings. The molecule has 7 nitrogen and oxygen atoms in total. The Morgan fingerprint density at radius 3 is 2.35 bits per heavy atom. The van der Waals surface area contributed by atoms with E-state index < -0.39 is 10.0 Å². The van der Waals surface area contributed by atoms with Crippen LogP contribution in [0.3, 0.4) is 0 Å². The summed E-state index contributed by atoms with van der Waals surface area (Å²) in [7, 11) is -3.52. The van der Waals surface area contributed by atoms with Crippen molar-refractivity contribution in [1.82, 2.24) is 19.0 Å². The third-order valence-electron chi connectivity index (χ3n) is 5.22. The lowest BCUT2D eigenvalue weighted by Gasteiger charge is -2.26. The Bertz CT molecular complexity index is 1010. The first kappa shape index (κ1) is 24.1. The second kappa shape index (κ2) is 10.4. The van der Waals surface area contributed by atoms with Gasteiger partial charge < -0.3 is 4.42 Å². The molecular formula is C22H34N4O3S2. The van der Waals surface area contributed by atoms with E-state index in [1.54, 1.807) is 33.3 Å². The molecule has 0 atom stereocenters. The number of piperidine rings is 1. The second-order valence-corrected chi connectivity index (χ2v) is 11.4. The maximum atomic E-state index is 13.0. The van der Waals surface area contributed by atoms with Crippen molar-refractivity contribution in [3.63, 3.8) is 0 Å². The standard InChI is InChI=1S/C22H34N4O3S2/c1-17(2)14-24(15-18(3)4)16-26-22(30)29-21(23-26)19-9-8-10-20(13-19)31(27,28)25-11-6-5-7-12-25/h8-10,13,17-18H,5-7,11-12,14-16H2,1-4H3. The van der Waals surface area contributed by atoms with Crippen molar-refractivity contribution < 1.29 is 12.8 Å². The first-order chi connectivity index (χ1) is 14.7. The summed E-state index contributed by atoms with van der Waals surface area (Å²) in [6.07, 6.45) is 2.89. The highest BCUT2D eigenvalue weighted by Gasteiger charge is 2.26. The summed E-state index contributed by atoms with van der Waals surface area (Å²) in [5, 5.41) is 4.57. The first-order valence-electron chi connectivity index (χ1n) is 11.1. The second-order valence-electron chi connectivity index (χ2n) is 9.13. The number of hydrogen-bond acceptors (Lipinski definition) is 6. The molecule has 2 heterocycles. The van der Waals surface area contributed by atoms with Gasteiger partial charge in [0.25, 0.3) is 4.84 Å². The summed E-state index contributed by atoms with van der Waals surface area (Å²) in [5.41, 5.74) is 0.613. The molecule has 1 saturated heterocycles. The zero-order valence-corrected chi connectivity index (χ0v) is 20.6. The van der Waals surface area contributed by atoms with Gasteiger partial charge in [-0.1, -0.05) is 40.2 Å². The Labute approximate surface area is 191 Å². The summed E-state index contributed by atoms with van der Waals surface area (Å²) in [5.74, 6) is 1.39. The van der Waals surface area contributed by atoms with Crippen LogP contribution < -0.4 is 0 Å². The largest absolute Gasteiger partial charge is 0.409 e. The molecule has 0 spiro atoms. The van der Waals surface area contributed by atoms with Gasteiger partial charge in [0.15, 0.2) is 0 Å². The fourth-order valence-corrected chi connectivity index (χ4v) is 5.71. The molecule has 3 rings (SSSR count). The van der Waals surface area contributed by atoms with Crippen LogP contribution in [0.4, 0.5) is 0 Å². The van der Waals surface area contributed by atoms with Gasteiger partial charge in [-0.05, 0) is 55.1 Å². The van der Waals surface area contributed by atoms with Crippen LogP contribution >= 0.6 is 12.2 Å². The van der Waals surface area contributed by atoms with Gasteiger partial charge in [0, 0.05) is 31.7 Å². The average Bonchev–Trinajstić information content (AvgIpc) is 3.08. The van der Waals surface area contributed by atoms with Crippen LogP contribution in [-0.4, -0.2) is 53.6 Å². The molecule has 1 aliphatic heterocycles. The van der Waals surface area contributed by atoms with Crippen molar-refractivity contribution >= 4 is 22.2 Å². The Hall–Kier alpha value is -1.55. The number of hydrogen-bond donors (Lipinski definition) is 0. The zero-order valence-electron chi connectivity index (χ0n) is 19.0. The zero-order chi connectivity index (χ0) is 22.6. The molecule has 1 aromatic heterocycles. The number of nitrogens with zero attached hydrogens (tertiary/aromatic N) is 4. The highest BCUT2D eigenvalue weighted by Crippen LogP contribution is 2.25. The fraction of sp³-hybridized carbons (Fsp3) is 0.636. The molecule has 9 heteroatoms. The summed E-state index contributed by atoms with van der Waals surface area (Å²) in [6.45, 7) is 12.3. The molecule has 0 amide bonds. The van der Waals surface area contributed by atoms with Crippen LogP contribution in [0.5, 0.6) is 0 Å². The molecule has 0 bridgehead atoms. The molecular weight excluding hydrogens is 432 g/mol. The summed E-state index contributed by atoms with van der Waals surface area (Å²) >= 11 is 5.41. The number of aromatic nitrogens is 2. The predicted octanol–water partition coefficient (Wildman–Crippen LogP) is 4.62. The Morgan fingerprint density at radius 1 is 1.10 bits per heavy atom. The van der Waals surface area contributed by atoms with Gasteiger partial charge in [0.05, 0.1) is 11.6 Å². The number of benzene rings is 1. The van der Waals surface area contributed by atoms with Crippen molar-refractivity contribution in [3.8, 4) is 11.5 Å². The normalized spacial score (nSPS) is 16.0. The van der Waals surface area contributed by atoms with E-state index in [2.05, 4.69) is 37.7 Å². The van der Waals surface area contributed by atoms with Crippen LogP contribution in [0.25, 0.3) is 11.5 Å². The maximum absolute atomic E-state index is 13.0. The summed E-state index contributed by atoms with van der Waals surface area (Å²) in [6, 6.07) is 6.80. The van der Waals surface area contributed by atoms with Crippen LogP contribution in [0.15, 0.2) is 33.6 Å². The minimum atomic E-state index is -3.52. The van der Waals surface area contributed by atoms with Crippen LogP contribution in [-0.2, 0) is 16.7 Å². The smallest absolute Gasteiger partial charge is 0.288 e. The van der Waals surface area contributed by atoms with Crippen LogP contribution in [0.2, 0.25) is 0 Å². The quantitative estimate of drug-likeness (QED) is 0.502. The third-order valence-corrected chi connectivity index (χ3v) is 7.41. The molecule has 1 aromatic carbocycles. The molecule has 172 valence electrons. The van der Waals surface area contributed by atoms with Crippen molar-refractivity contribution in [2.75, 3.05) is 26.2 Å². The molecule has 0 saturated carbocycles. The number of sulfonamides is 1. The highest BCUT2D eigenvalue weighted by molar-refractivity contribution is 7.89. The van der Waals surface area contributed by atoms with E-state index >= 15 is 0 Å². The third kappa shape index (κ3) is 6.25. The fourth-order valence-electron chi connectivity index (χ4n) is 3.97.